The van der Waals surface area contributed by atoms with E-state index in [0.717, 1.165) is 29.5 Å². The Balaban J connectivity index is 1.55. The molecule has 7 rings (SSSR count). The van der Waals surface area contributed by atoms with E-state index in [1.165, 1.54) is 6.07 Å². The average molecular weight is 657 g/mol. The van der Waals surface area contributed by atoms with Crippen LogP contribution in [-0.2, 0) is 14.3 Å². The van der Waals surface area contributed by atoms with Crippen molar-refractivity contribution in [3.63, 3.8) is 0 Å². The van der Waals surface area contributed by atoms with Crippen LogP contribution in [0.25, 0.3) is 28.0 Å². The second kappa shape index (κ2) is 13.0. The molecule has 3 aliphatic heterocycles. The second-order valence-corrected chi connectivity index (χ2v) is 14.2. The van der Waals surface area contributed by atoms with E-state index >= 15 is 0 Å². The summed E-state index contributed by atoms with van der Waals surface area (Å²) < 4.78 is 35.5. The first-order valence-corrected chi connectivity index (χ1v) is 16.6. The number of ether oxygens (including phenoxy) is 3. The third-order valence-corrected chi connectivity index (χ3v) is 9.10. The highest BCUT2D eigenvalue weighted by molar-refractivity contribution is 5.80. The molecule has 48 heavy (non-hydrogen) atoms. The lowest BCUT2D eigenvalue weighted by Gasteiger charge is -2.41. The largest absolute Gasteiger partial charge is 0.490 e. The number of halogens is 1. The van der Waals surface area contributed by atoms with Crippen LogP contribution < -0.4 is 9.64 Å². The molecule has 0 radical (unpaired) electrons. The first kappa shape index (κ1) is 33.6. The van der Waals surface area contributed by atoms with Crippen molar-refractivity contribution in [3.05, 3.63) is 77.3 Å². The zero-order valence-corrected chi connectivity index (χ0v) is 28.8. The molecule has 2 atom stereocenters. The van der Waals surface area contributed by atoms with Crippen LogP contribution >= 0.6 is 0 Å². The first-order chi connectivity index (χ1) is 22.7. The summed E-state index contributed by atoms with van der Waals surface area (Å²) in [6.07, 6.45) is 4.72. The lowest BCUT2D eigenvalue weighted by Crippen LogP contribution is -2.45. The van der Waals surface area contributed by atoms with Crippen molar-refractivity contribution in [1.29, 1.82) is 0 Å². The second-order valence-electron chi connectivity index (χ2n) is 14.2. The fraction of sp³-hybridized carbons (Fsp3) is 0.447. The van der Waals surface area contributed by atoms with Crippen LogP contribution in [0.4, 0.5) is 10.2 Å². The van der Waals surface area contributed by atoms with E-state index in [2.05, 4.69) is 11.8 Å². The van der Waals surface area contributed by atoms with Crippen LogP contribution in [0.3, 0.4) is 0 Å². The van der Waals surface area contributed by atoms with Crippen molar-refractivity contribution < 1.29 is 28.5 Å². The number of hydrogen-bond donors (Lipinski definition) is 1. The predicted octanol–water partition coefficient (Wildman–Crippen LogP) is 7.86. The average Bonchev–Trinajstić information content (AvgIpc) is 3.44. The van der Waals surface area contributed by atoms with Crippen molar-refractivity contribution in [1.82, 2.24) is 14.6 Å². The molecule has 0 unspecified atom stereocenters. The highest BCUT2D eigenvalue weighted by atomic mass is 19.1. The van der Waals surface area contributed by atoms with Crippen LogP contribution in [0.15, 0.2) is 54.6 Å². The third-order valence-electron chi connectivity index (χ3n) is 9.10. The van der Waals surface area contributed by atoms with Gasteiger partial charge in [0.25, 0.3) is 0 Å². The lowest BCUT2D eigenvalue weighted by atomic mass is 9.92. The number of benzene rings is 2. The Labute approximate surface area is 281 Å². The molecule has 254 valence electrons. The maximum atomic E-state index is 14.8. The van der Waals surface area contributed by atoms with Crippen LogP contribution in [0.2, 0.25) is 0 Å². The van der Waals surface area contributed by atoms with Gasteiger partial charge in [-0.05, 0) is 84.6 Å². The smallest absolute Gasteiger partial charge is 0.337 e. The number of rotatable bonds is 3. The Bertz CT molecular complexity index is 1870. The van der Waals surface area contributed by atoms with Gasteiger partial charge in [0.2, 0.25) is 0 Å². The number of carbonyl (C=O) groups is 1. The van der Waals surface area contributed by atoms with E-state index in [9.17, 15) is 14.3 Å². The predicted molar refractivity (Wildman–Crippen MR) is 184 cm³/mol. The number of anilines is 1. The Hall–Kier alpha value is -4.28. The molecule has 3 aliphatic rings. The Morgan fingerprint density at radius 1 is 1.10 bits per heavy atom. The van der Waals surface area contributed by atoms with Crippen molar-refractivity contribution in [2.45, 2.75) is 91.1 Å². The molecule has 1 N–H and O–H groups in total. The number of carboxylic acids is 1. The number of aromatic nitrogens is 3. The summed E-state index contributed by atoms with van der Waals surface area (Å²) in [6.45, 7) is 14.9. The van der Waals surface area contributed by atoms with Crippen molar-refractivity contribution >= 4 is 17.4 Å². The van der Waals surface area contributed by atoms with Gasteiger partial charge in [-0.25, -0.2) is 14.2 Å². The van der Waals surface area contributed by atoms with Gasteiger partial charge in [0.05, 0.1) is 35.2 Å². The molecular weight excluding hydrogens is 611 g/mol. The van der Waals surface area contributed by atoms with Crippen molar-refractivity contribution in [3.8, 4) is 28.1 Å². The monoisotopic (exact) mass is 656 g/mol. The van der Waals surface area contributed by atoms with E-state index in [0.29, 0.717) is 65.8 Å². The quantitative estimate of drug-likeness (QED) is 0.223. The van der Waals surface area contributed by atoms with Crippen LogP contribution in [0.5, 0.6) is 5.75 Å². The minimum atomic E-state index is -1.25. The van der Waals surface area contributed by atoms with E-state index in [1.54, 1.807) is 11.4 Å². The number of nitrogens with zero attached hydrogens (tertiary/aromatic N) is 4. The summed E-state index contributed by atoms with van der Waals surface area (Å²) in [6, 6.07) is 13.1. The number of fused-ring (bicyclic) bond motifs is 7. The highest BCUT2D eigenvalue weighted by Gasteiger charge is 2.37. The zero-order chi connectivity index (χ0) is 34.4. The molecule has 1 saturated heterocycles. The summed E-state index contributed by atoms with van der Waals surface area (Å²) in [5, 5.41) is 15.5. The third kappa shape index (κ3) is 6.96. The Morgan fingerprint density at radius 3 is 2.54 bits per heavy atom. The maximum Gasteiger partial charge on any atom is 0.337 e. The van der Waals surface area contributed by atoms with Gasteiger partial charge in [-0.15, -0.1) is 0 Å². The Morgan fingerprint density at radius 2 is 1.83 bits per heavy atom. The topological polar surface area (TPSA) is 98.4 Å². The lowest BCUT2D eigenvalue weighted by molar-refractivity contribution is -0.160. The van der Waals surface area contributed by atoms with Gasteiger partial charge in [-0.2, -0.15) is 9.61 Å². The molecular formula is C38H45FN4O5. The van der Waals surface area contributed by atoms with Crippen molar-refractivity contribution in [2.75, 3.05) is 24.6 Å². The molecule has 6 bridgehead atoms. The number of aliphatic carboxylic acids is 1. The SMILES string of the molecule is Cc1cc2c(cc1F)O[C@@H](C)CC=CCOC1(C)CCN(CC1)c1c([C@H](OC(C)(C)C)C(=O)O)c(C)nc3cc(nn13)-c1cccc-2c1. The van der Waals surface area contributed by atoms with Gasteiger partial charge in [0.1, 0.15) is 17.4 Å². The fourth-order valence-electron chi connectivity index (χ4n) is 6.49. The number of hydrogen-bond acceptors (Lipinski definition) is 7. The maximum absolute atomic E-state index is 14.8. The van der Waals surface area contributed by atoms with E-state index in [-0.39, 0.29) is 17.5 Å². The summed E-state index contributed by atoms with van der Waals surface area (Å²) in [5.41, 5.74) is 4.25. The molecule has 10 heteroatoms. The van der Waals surface area contributed by atoms with Gasteiger partial charge in [-0.1, -0.05) is 30.4 Å². The summed E-state index contributed by atoms with van der Waals surface area (Å²) in [5.74, 6) is -0.283. The first-order valence-electron chi connectivity index (χ1n) is 16.6. The molecule has 2 aromatic carbocycles. The minimum absolute atomic E-state index is 0.188. The van der Waals surface area contributed by atoms with Gasteiger partial charge in [0.15, 0.2) is 11.8 Å². The van der Waals surface area contributed by atoms with Gasteiger partial charge in [-0.3, -0.25) is 0 Å². The fourth-order valence-corrected chi connectivity index (χ4v) is 6.49. The van der Waals surface area contributed by atoms with E-state index in [1.807, 2.05) is 83.2 Å². The van der Waals surface area contributed by atoms with Crippen LogP contribution in [-0.4, -0.2) is 62.7 Å². The molecule has 0 amide bonds. The number of piperidine rings is 1. The number of aryl methyl sites for hydroxylation is 2. The molecule has 0 saturated carbocycles. The summed E-state index contributed by atoms with van der Waals surface area (Å²) in [7, 11) is 0. The van der Waals surface area contributed by atoms with E-state index in [4.69, 9.17) is 24.3 Å². The van der Waals surface area contributed by atoms with Crippen molar-refractivity contribution in [2.24, 2.45) is 0 Å². The zero-order valence-electron chi connectivity index (χ0n) is 28.8. The molecule has 0 aliphatic carbocycles. The van der Waals surface area contributed by atoms with Gasteiger partial charge >= 0.3 is 5.97 Å². The Kier molecular flexibility index (Phi) is 9.08. The summed E-state index contributed by atoms with van der Waals surface area (Å²) in [4.78, 5) is 19.9. The minimum Gasteiger partial charge on any atom is -0.490 e. The molecule has 9 nitrogen and oxygen atoms in total. The molecule has 2 aromatic heterocycles. The molecule has 0 spiro atoms. The molecule has 1 fully saturated rings. The highest BCUT2D eigenvalue weighted by Crippen LogP contribution is 2.40. The van der Waals surface area contributed by atoms with Crippen LogP contribution in [0, 0.1) is 19.7 Å². The van der Waals surface area contributed by atoms with Gasteiger partial charge in [0, 0.05) is 48.5 Å². The number of carboxylic acid groups (broad SMARTS) is 1. The van der Waals surface area contributed by atoms with Gasteiger partial charge < -0.3 is 24.2 Å². The molecule has 4 aromatic rings. The molecule has 5 heterocycles. The standard InChI is InChI=1S/C38H45FN4O5/c1-23-19-28-26-12-10-13-27(20-26)30-22-32-40-25(3)33(34(36(44)45)48-37(4,5)6)35(43(32)41-30)42-16-14-38(7,15-17-42)46-18-9-8-11-24(2)47-31(28)21-29(23)39/h8-10,12-13,19-22,24,34H,11,14-18H2,1-7H3,(H,44,45)/t24-,34-/m0/s1. The van der Waals surface area contributed by atoms with E-state index < -0.39 is 17.7 Å². The van der Waals surface area contributed by atoms with Crippen LogP contribution in [0.1, 0.15) is 76.8 Å². The normalized spacial score (nSPS) is 20.8. The summed E-state index contributed by atoms with van der Waals surface area (Å²) >= 11 is 0.